The van der Waals surface area contributed by atoms with Crippen molar-refractivity contribution < 1.29 is 9.18 Å². The third-order valence-electron chi connectivity index (χ3n) is 3.66. The molecule has 88 valence electrons. The quantitative estimate of drug-likeness (QED) is 0.779. The van der Waals surface area contributed by atoms with E-state index in [9.17, 15) is 9.18 Å². The molecule has 2 aliphatic rings. The third-order valence-corrected chi connectivity index (χ3v) is 3.66. The van der Waals surface area contributed by atoms with E-state index in [-0.39, 0.29) is 11.6 Å². The Bertz CT molecular complexity index is 359. The molecule has 1 N–H and O–H groups in total. The van der Waals surface area contributed by atoms with Crippen molar-refractivity contribution in [2.75, 3.05) is 7.05 Å². The minimum absolute atomic E-state index is 0.137. The summed E-state index contributed by atoms with van der Waals surface area (Å²) < 4.78 is 13.8. The van der Waals surface area contributed by atoms with E-state index in [1.54, 1.807) is 13.1 Å². The summed E-state index contributed by atoms with van der Waals surface area (Å²) in [5.41, 5.74) is -0.176. The average Bonchev–Trinajstić information content (AvgIpc) is 2.31. The first-order valence-electron chi connectivity index (χ1n) is 5.99. The van der Waals surface area contributed by atoms with Gasteiger partial charge in [0.15, 0.2) is 5.78 Å². The summed E-state index contributed by atoms with van der Waals surface area (Å²) in [7, 11) is 1.76. The number of hydrogen-bond acceptors (Lipinski definition) is 2. The summed E-state index contributed by atoms with van der Waals surface area (Å²) in [6.07, 6.45) is 8.24. The molecular formula is C13H18FNO. The van der Waals surface area contributed by atoms with Crippen molar-refractivity contribution >= 4 is 5.78 Å². The topological polar surface area (TPSA) is 29.1 Å². The van der Waals surface area contributed by atoms with E-state index in [2.05, 4.69) is 5.32 Å². The van der Waals surface area contributed by atoms with E-state index in [4.69, 9.17) is 0 Å². The molecule has 2 aliphatic carbocycles. The molecule has 0 aromatic carbocycles. The van der Waals surface area contributed by atoms with Crippen LogP contribution < -0.4 is 5.32 Å². The number of halogens is 1. The molecule has 0 radical (unpaired) electrons. The van der Waals surface area contributed by atoms with E-state index in [0.717, 1.165) is 32.1 Å². The Kier molecular flexibility index (Phi) is 3.24. The molecule has 2 rings (SSSR count). The monoisotopic (exact) mass is 223 g/mol. The molecule has 0 amide bonds. The van der Waals surface area contributed by atoms with Gasteiger partial charge in [-0.25, -0.2) is 4.39 Å². The van der Waals surface area contributed by atoms with Crippen LogP contribution in [0.25, 0.3) is 0 Å². The summed E-state index contributed by atoms with van der Waals surface area (Å²) in [5.74, 6) is -0.0752. The van der Waals surface area contributed by atoms with E-state index in [1.165, 1.54) is 0 Å². The van der Waals surface area contributed by atoms with Gasteiger partial charge in [0.25, 0.3) is 0 Å². The van der Waals surface area contributed by atoms with Crippen molar-refractivity contribution in [1.82, 2.24) is 5.32 Å². The molecule has 1 unspecified atom stereocenters. The second-order valence-electron chi connectivity index (χ2n) is 4.53. The van der Waals surface area contributed by atoms with Gasteiger partial charge in [-0.2, -0.15) is 0 Å². The largest absolute Gasteiger partial charge is 0.304 e. The first-order valence-corrected chi connectivity index (χ1v) is 5.99. The lowest BCUT2D eigenvalue weighted by Crippen LogP contribution is -2.54. The first-order chi connectivity index (χ1) is 7.70. The van der Waals surface area contributed by atoms with Crippen molar-refractivity contribution in [3.05, 3.63) is 23.6 Å². The molecule has 1 saturated carbocycles. The van der Waals surface area contributed by atoms with E-state index < -0.39 is 5.54 Å². The number of ketones is 1. The second-order valence-corrected chi connectivity index (χ2v) is 4.53. The molecule has 2 nitrogen and oxygen atoms in total. The molecular weight excluding hydrogens is 205 g/mol. The van der Waals surface area contributed by atoms with Gasteiger partial charge >= 0.3 is 0 Å². The Morgan fingerprint density at radius 2 is 2.06 bits per heavy atom. The molecule has 0 aliphatic heterocycles. The zero-order valence-electron chi connectivity index (χ0n) is 9.68. The zero-order chi connectivity index (χ0) is 11.6. The van der Waals surface area contributed by atoms with E-state index >= 15 is 0 Å². The molecule has 0 aromatic heterocycles. The lowest BCUT2D eigenvalue weighted by molar-refractivity contribution is -0.125. The minimum Gasteiger partial charge on any atom is -0.304 e. The Hall–Kier alpha value is -0.960. The van der Waals surface area contributed by atoms with Crippen LogP contribution in [0.15, 0.2) is 23.6 Å². The molecule has 0 heterocycles. The number of allylic oxidation sites excluding steroid dienone is 2. The lowest BCUT2D eigenvalue weighted by Gasteiger charge is -2.38. The number of Topliss-reactive ketones (excluding diaryl/α,β-unsaturated/α-hetero) is 1. The van der Waals surface area contributed by atoms with Crippen LogP contribution in [-0.4, -0.2) is 18.4 Å². The molecule has 16 heavy (non-hydrogen) atoms. The van der Waals surface area contributed by atoms with Gasteiger partial charge in [-0.1, -0.05) is 12.5 Å². The Balaban J connectivity index is 2.36. The van der Waals surface area contributed by atoms with Crippen LogP contribution >= 0.6 is 0 Å². The Morgan fingerprint density at radius 3 is 2.69 bits per heavy atom. The van der Waals surface area contributed by atoms with Gasteiger partial charge in [-0.3, -0.25) is 4.79 Å². The van der Waals surface area contributed by atoms with Crippen molar-refractivity contribution in [2.45, 2.75) is 44.1 Å². The van der Waals surface area contributed by atoms with Gasteiger partial charge in [0, 0.05) is 12.0 Å². The highest BCUT2D eigenvalue weighted by atomic mass is 19.1. The summed E-state index contributed by atoms with van der Waals surface area (Å²) in [6, 6.07) is 0. The second kappa shape index (κ2) is 4.50. The van der Waals surface area contributed by atoms with Crippen molar-refractivity contribution in [3.63, 3.8) is 0 Å². The number of rotatable bonds is 2. The predicted molar refractivity (Wildman–Crippen MR) is 61.8 cm³/mol. The maximum absolute atomic E-state index is 13.8. The molecule has 0 aromatic rings. The van der Waals surface area contributed by atoms with Gasteiger partial charge in [-0.15, -0.1) is 0 Å². The first kappa shape index (κ1) is 11.5. The van der Waals surface area contributed by atoms with Gasteiger partial charge in [-0.05, 0) is 38.8 Å². The third kappa shape index (κ3) is 1.73. The van der Waals surface area contributed by atoms with Gasteiger partial charge in [0.2, 0.25) is 0 Å². The van der Waals surface area contributed by atoms with Crippen LogP contribution in [0.4, 0.5) is 4.39 Å². The lowest BCUT2D eigenvalue weighted by atomic mass is 9.73. The fraction of sp³-hybridized carbons (Fsp3) is 0.615. The highest BCUT2D eigenvalue weighted by Gasteiger charge is 2.43. The smallest absolute Gasteiger partial charge is 0.157 e. The predicted octanol–water partition coefficient (Wildman–Crippen LogP) is 2.66. The molecule has 0 saturated heterocycles. The fourth-order valence-corrected chi connectivity index (χ4v) is 2.74. The summed E-state index contributed by atoms with van der Waals surface area (Å²) in [6.45, 7) is 0. The highest BCUT2D eigenvalue weighted by Crippen LogP contribution is 2.37. The maximum atomic E-state index is 13.8. The molecule has 3 heteroatoms. The van der Waals surface area contributed by atoms with Crippen molar-refractivity contribution in [1.29, 1.82) is 0 Å². The van der Waals surface area contributed by atoms with Crippen LogP contribution in [0.5, 0.6) is 0 Å². The molecule has 0 bridgehead atoms. The SMILES string of the molecule is CNC1(C2=CCCC=C2F)CCCCC1=O. The summed E-state index contributed by atoms with van der Waals surface area (Å²) in [4.78, 5) is 12.1. The van der Waals surface area contributed by atoms with Crippen LogP contribution in [-0.2, 0) is 4.79 Å². The normalized spacial score (nSPS) is 31.0. The van der Waals surface area contributed by atoms with Gasteiger partial charge < -0.3 is 5.32 Å². The maximum Gasteiger partial charge on any atom is 0.157 e. The molecule has 1 fully saturated rings. The molecule has 1 atom stereocenters. The zero-order valence-corrected chi connectivity index (χ0v) is 9.68. The van der Waals surface area contributed by atoms with Crippen molar-refractivity contribution in [3.8, 4) is 0 Å². The Labute approximate surface area is 95.6 Å². The summed E-state index contributed by atoms with van der Waals surface area (Å²) >= 11 is 0. The number of carbonyl (C=O) groups excluding carboxylic acids is 1. The van der Waals surface area contributed by atoms with Crippen LogP contribution in [0.3, 0.4) is 0 Å². The van der Waals surface area contributed by atoms with Crippen LogP contribution in [0, 0.1) is 0 Å². The Morgan fingerprint density at radius 1 is 1.31 bits per heavy atom. The van der Waals surface area contributed by atoms with E-state index in [0.29, 0.717) is 12.0 Å². The van der Waals surface area contributed by atoms with Crippen LogP contribution in [0.2, 0.25) is 0 Å². The van der Waals surface area contributed by atoms with Gasteiger partial charge in [0.1, 0.15) is 11.4 Å². The minimum atomic E-state index is -0.751. The standard InChI is InChI=1S/C13H18FNO/c1-15-13(9-5-4-8-12(13)16)10-6-2-3-7-11(10)14/h6-7,15H,2-5,8-9H2,1H3. The van der Waals surface area contributed by atoms with E-state index in [1.807, 2.05) is 6.08 Å². The van der Waals surface area contributed by atoms with Crippen LogP contribution in [0.1, 0.15) is 38.5 Å². The van der Waals surface area contributed by atoms with Crippen molar-refractivity contribution in [2.24, 2.45) is 0 Å². The number of likely N-dealkylation sites (N-methyl/N-ethyl adjacent to an activating group) is 1. The number of nitrogens with one attached hydrogen (secondary N) is 1. The fourth-order valence-electron chi connectivity index (χ4n) is 2.74. The average molecular weight is 223 g/mol. The van der Waals surface area contributed by atoms with Gasteiger partial charge in [0.05, 0.1) is 0 Å². The highest BCUT2D eigenvalue weighted by molar-refractivity contribution is 5.93. The summed E-state index contributed by atoms with van der Waals surface area (Å²) in [5, 5.41) is 3.07. The number of hydrogen-bond donors (Lipinski definition) is 1. The number of carbonyl (C=O) groups is 1. The molecule has 0 spiro atoms.